The van der Waals surface area contributed by atoms with Crippen molar-refractivity contribution in [1.82, 2.24) is 4.90 Å². The van der Waals surface area contributed by atoms with Crippen molar-refractivity contribution in [3.05, 3.63) is 48.0 Å². The average Bonchev–Trinajstić information content (AvgIpc) is 3.16. The zero-order valence-electron chi connectivity index (χ0n) is 16.0. The van der Waals surface area contributed by atoms with Crippen molar-refractivity contribution in [2.45, 2.75) is 25.4 Å². The number of nitrogens with one attached hydrogen (secondary N) is 2. The molecule has 2 aliphatic rings. The van der Waals surface area contributed by atoms with Gasteiger partial charge in [0.15, 0.2) is 11.5 Å². The van der Waals surface area contributed by atoms with Crippen LogP contribution in [0.2, 0.25) is 0 Å². The lowest BCUT2D eigenvalue weighted by molar-refractivity contribution is -0.122. The molecule has 2 heterocycles. The largest absolute Gasteiger partial charge is 0.486 e. The summed E-state index contributed by atoms with van der Waals surface area (Å²) in [6.07, 6.45) is 1.76. The normalized spacial score (nSPS) is 18.3. The fraction of sp³-hybridized carbons (Fsp3) is 0.333. The second kappa shape index (κ2) is 8.40. The Hall–Kier alpha value is -3.26. The smallest absolute Gasteiger partial charge is 0.323 e. The molecule has 3 amide bonds. The Bertz CT molecular complexity index is 917. The highest BCUT2D eigenvalue weighted by atomic mass is 16.6. The number of carbonyl (C=O) groups excluding carboxylic acids is 2. The van der Waals surface area contributed by atoms with Crippen molar-refractivity contribution in [2.24, 2.45) is 5.73 Å². The summed E-state index contributed by atoms with van der Waals surface area (Å²) < 4.78 is 11.0. The van der Waals surface area contributed by atoms with Gasteiger partial charge < -0.3 is 25.8 Å². The molecular weight excluding hydrogens is 372 g/mol. The maximum absolute atomic E-state index is 12.4. The van der Waals surface area contributed by atoms with Crippen LogP contribution in [0.3, 0.4) is 0 Å². The van der Waals surface area contributed by atoms with Crippen LogP contribution in [0.15, 0.2) is 42.5 Å². The standard InChI is InChI=1S/C21H24N4O4/c22-20(26)17-5-2-8-25(17)13-14-3-1-4-15(11-14)23-21(27)24-16-6-7-18-19(12-16)29-10-9-28-18/h1,3-4,6-7,11-12,17H,2,5,8-10,13H2,(H2,22,26)(H2,23,24,27)/t17-/m0/s1. The van der Waals surface area contributed by atoms with Gasteiger partial charge in [0, 0.05) is 24.0 Å². The molecule has 2 aromatic rings. The minimum atomic E-state index is -0.352. The molecule has 0 unspecified atom stereocenters. The molecule has 0 saturated carbocycles. The van der Waals surface area contributed by atoms with E-state index in [2.05, 4.69) is 15.5 Å². The summed E-state index contributed by atoms with van der Waals surface area (Å²) in [7, 11) is 0. The Morgan fingerprint density at radius 3 is 2.59 bits per heavy atom. The summed E-state index contributed by atoms with van der Waals surface area (Å²) in [5.74, 6) is 1.01. The van der Waals surface area contributed by atoms with Crippen molar-refractivity contribution in [3.63, 3.8) is 0 Å². The highest BCUT2D eigenvalue weighted by Crippen LogP contribution is 2.32. The van der Waals surface area contributed by atoms with Gasteiger partial charge in [0.2, 0.25) is 5.91 Å². The summed E-state index contributed by atoms with van der Waals surface area (Å²) in [5.41, 5.74) is 7.79. The number of carbonyl (C=O) groups is 2. The number of primary amides is 1. The number of nitrogens with two attached hydrogens (primary N) is 1. The first-order valence-electron chi connectivity index (χ1n) is 9.68. The number of anilines is 2. The van der Waals surface area contributed by atoms with E-state index >= 15 is 0 Å². The van der Waals surface area contributed by atoms with Gasteiger partial charge >= 0.3 is 6.03 Å². The zero-order chi connectivity index (χ0) is 20.2. The number of benzene rings is 2. The maximum atomic E-state index is 12.4. The van der Waals surface area contributed by atoms with E-state index < -0.39 is 0 Å². The van der Waals surface area contributed by atoms with Crippen molar-refractivity contribution in [3.8, 4) is 11.5 Å². The van der Waals surface area contributed by atoms with Gasteiger partial charge in [-0.1, -0.05) is 12.1 Å². The molecule has 1 fully saturated rings. The molecule has 4 N–H and O–H groups in total. The SMILES string of the molecule is NC(=O)[C@@H]1CCCN1Cc1cccc(NC(=O)Nc2ccc3c(c2)OCCO3)c1. The molecular formula is C21H24N4O4. The molecule has 1 saturated heterocycles. The molecule has 152 valence electrons. The summed E-state index contributed by atoms with van der Waals surface area (Å²) in [4.78, 5) is 26.0. The van der Waals surface area contributed by atoms with Crippen LogP contribution >= 0.6 is 0 Å². The second-order valence-corrected chi connectivity index (χ2v) is 7.17. The van der Waals surface area contributed by atoms with Gasteiger partial charge in [0.1, 0.15) is 13.2 Å². The summed E-state index contributed by atoms with van der Waals surface area (Å²) in [6, 6.07) is 12.3. The minimum absolute atomic E-state index is 0.217. The first-order chi connectivity index (χ1) is 14.1. The summed E-state index contributed by atoms with van der Waals surface area (Å²) in [6.45, 7) is 2.47. The number of hydrogen-bond acceptors (Lipinski definition) is 5. The van der Waals surface area contributed by atoms with Crippen molar-refractivity contribution in [2.75, 3.05) is 30.4 Å². The van der Waals surface area contributed by atoms with Crippen LogP contribution in [-0.2, 0) is 11.3 Å². The number of likely N-dealkylation sites (tertiary alicyclic amines) is 1. The van der Waals surface area contributed by atoms with E-state index in [1.807, 2.05) is 24.3 Å². The molecule has 4 rings (SSSR count). The van der Waals surface area contributed by atoms with E-state index in [-0.39, 0.29) is 18.0 Å². The number of fused-ring (bicyclic) bond motifs is 1. The minimum Gasteiger partial charge on any atom is -0.486 e. The van der Waals surface area contributed by atoms with Crippen molar-refractivity contribution < 1.29 is 19.1 Å². The fourth-order valence-corrected chi connectivity index (χ4v) is 3.73. The number of amides is 3. The van der Waals surface area contributed by atoms with E-state index in [1.165, 1.54) is 0 Å². The third-order valence-electron chi connectivity index (χ3n) is 5.06. The number of urea groups is 1. The highest BCUT2D eigenvalue weighted by molar-refractivity contribution is 6.00. The van der Waals surface area contributed by atoms with Crippen LogP contribution < -0.4 is 25.8 Å². The lowest BCUT2D eigenvalue weighted by atomic mass is 10.1. The molecule has 0 aromatic heterocycles. The number of rotatable bonds is 5. The fourth-order valence-electron chi connectivity index (χ4n) is 3.73. The Labute approximate surface area is 169 Å². The van der Waals surface area contributed by atoms with Crippen LogP contribution in [0.4, 0.5) is 16.2 Å². The zero-order valence-corrected chi connectivity index (χ0v) is 16.0. The summed E-state index contributed by atoms with van der Waals surface area (Å²) >= 11 is 0. The molecule has 2 aliphatic heterocycles. The molecule has 0 spiro atoms. The molecule has 0 bridgehead atoms. The van der Waals surface area contributed by atoms with Crippen molar-refractivity contribution >= 4 is 23.3 Å². The van der Waals surface area contributed by atoms with Gasteiger partial charge in [-0.25, -0.2) is 4.79 Å². The second-order valence-electron chi connectivity index (χ2n) is 7.17. The predicted molar refractivity (Wildman–Crippen MR) is 109 cm³/mol. The topological polar surface area (TPSA) is 106 Å². The predicted octanol–water partition coefficient (Wildman–Crippen LogP) is 2.55. The molecule has 2 aromatic carbocycles. The monoisotopic (exact) mass is 396 g/mol. The maximum Gasteiger partial charge on any atom is 0.323 e. The average molecular weight is 396 g/mol. The Kier molecular flexibility index (Phi) is 5.53. The van der Waals surface area contributed by atoms with E-state index in [0.717, 1.165) is 24.9 Å². The van der Waals surface area contributed by atoms with Crippen LogP contribution in [0, 0.1) is 0 Å². The van der Waals surface area contributed by atoms with Crippen LogP contribution in [0.25, 0.3) is 0 Å². The van der Waals surface area contributed by atoms with E-state index in [9.17, 15) is 9.59 Å². The Morgan fingerprint density at radius 2 is 1.79 bits per heavy atom. The van der Waals surface area contributed by atoms with Gasteiger partial charge in [-0.05, 0) is 49.2 Å². The highest BCUT2D eigenvalue weighted by Gasteiger charge is 2.28. The summed E-state index contributed by atoms with van der Waals surface area (Å²) in [5, 5.41) is 5.64. The van der Waals surface area contributed by atoms with Crippen LogP contribution in [0.1, 0.15) is 18.4 Å². The molecule has 29 heavy (non-hydrogen) atoms. The van der Waals surface area contributed by atoms with Gasteiger partial charge in [-0.3, -0.25) is 9.69 Å². The van der Waals surface area contributed by atoms with Crippen LogP contribution in [0.5, 0.6) is 11.5 Å². The Morgan fingerprint density at radius 1 is 1.03 bits per heavy atom. The van der Waals surface area contributed by atoms with E-state index in [0.29, 0.717) is 42.6 Å². The van der Waals surface area contributed by atoms with Gasteiger partial charge in [0.25, 0.3) is 0 Å². The molecule has 0 radical (unpaired) electrons. The van der Waals surface area contributed by atoms with Gasteiger partial charge in [0.05, 0.1) is 6.04 Å². The number of hydrogen-bond donors (Lipinski definition) is 3. The first-order valence-corrected chi connectivity index (χ1v) is 9.68. The number of nitrogens with zero attached hydrogens (tertiary/aromatic N) is 1. The molecule has 8 heteroatoms. The Balaban J connectivity index is 1.37. The third-order valence-corrected chi connectivity index (χ3v) is 5.06. The van der Waals surface area contributed by atoms with E-state index in [4.69, 9.17) is 15.2 Å². The quantitative estimate of drug-likeness (QED) is 0.720. The number of ether oxygens (including phenoxy) is 2. The lowest BCUT2D eigenvalue weighted by Crippen LogP contribution is -2.39. The molecule has 0 aliphatic carbocycles. The van der Waals surface area contributed by atoms with Gasteiger partial charge in [-0.2, -0.15) is 0 Å². The molecule has 8 nitrogen and oxygen atoms in total. The third kappa shape index (κ3) is 4.60. The van der Waals surface area contributed by atoms with Crippen LogP contribution in [-0.4, -0.2) is 42.6 Å². The first kappa shape index (κ1) is 19.1. The van der Waals surface area contributed by atoms with Gasteiger partial charge in [-0.15, -0.1) is 0 Å². The van der Waals surface area contributed by atoms with E-state index in [1.54, 1.807) is 18.2 Å². The molecule has 1 atom stereocenters. The lowest BCUT2D eigenvalue weighted by Gasteiger charge is -2.22. The van der Waals surface area contributed by atoms with Crippen molar-refractivity contribution in [1.29, 1.82) is 0 Å².